The molecule has 1 fully saturated rings. The van der Waals surface area contributed by atoms with E-state index in [1.54, 1.807) is 13.2 Å². The second-order valence-corrected chi connectivity index (χ2v) is 5.03. The van der Waals surface area contributed by atoms with E-state index in [2.05, 4.69) is 37.3 Å². The predicted octanol–water partition coefficient (Wildman–Crippen LogP) is 0.602. The third kappa shape index (κ3) is 2.10. The number of fused-ring (bicyclic) bond motifs is 1. The van der Waals surface area contributed by atoms with Gasteiger partial charge in [0.1, 0.15) is 5.82 Å². The summed E-state index contributed by atoms with van der Waals surface area (Å²) in [5.41, 5.74) is 0.711. The number of piperidine rings is 1. The Bertz CT molecular complexity index is 583. The molecule has 7 heteroatoms. The van der Waals surface area contributed by atoms with Crippen LogP contribution in [0.25, 0.3) is 11.0 Å². The zero-order valence-corrected chi connectivity index (χ0v) is 11.1. The molecule has 1 aliphatic rings. The fourth-order valence-corrected chi connectivity index (χ4v) is 2.41. The molecule has 0 bridgehead atoms. The molecule has 2 aromatic heterocycles. The molecular weight excluding hydrogens is 244 g/mol. The van der Waals surface area contributed by atoms with Crippen LogP contribution in [0.2, 0.25) is 0 Å². The van der Waals surface area contributed by atoms with Gasteiger partial charge in [-0.05, 0) is 12.3 Å². The van der Waals surface area contributed by atoms with Crippen LogP contribution in [-0.2, 0) is 0 Å². The zero-order chi connectivity index (χ0) is 13.4. The Morgan fingerprint density at radius 2 is 2.32 bits per heavy atom. The first kappa shape index (κ1) is 12.2. The lowest BCUT2D eigenvalue weighted by atomic mass is 9.96. The highest BCUT2D eigenvalue weighted by Gasteiger charge is 2.26. The Balaban J connectivity index is 2.01. The fraction of sp³-hybridized carbons (Fsp3) is 0.583. The molecule has 2 aromatic rings. The van der Waals surface area contributed by atoms with Crippen LogP contribution in [0.3, 0.4) is 0 Å². The first-order chi connectivity index (χ1) is 9.19. The number of aliphatic hydroxyl groups is 1. The summed E-state index contributed by atoms with van der Waals surface area (Å²) in [4.78, 5) is 10.9. The van der Waals surface area contributed by atoms with Gasteiger partial charge in [0.05, 0.1) is 17.7 Å². The fourth-order valence-electron chi connectivity index (χ4n) is 2.41. The molecule has 1 aliphatic heterocycles. The monoisotopic (exact) mass is 262 g/mol. The van der Waals surface area contributed by atoms with Gasteiger partial charge in [-0.15, -0.1) is 0 Å². The summed E-state index contributed by atoms with van der Waals surface area (Å²) < 4.78 is 0. The molecule has 102 valence electrons. The van der Waals surface area contributed by atoms with Crippen LogP contribution in [-0.4, -0.2) is 51.5 Å². The quantitative estimate of drug-likeness (QED) is 0.734. The van der Waals surface area contributed by atoms with Gasteiger partial charge in [0.15, 0.2) is 5.65 Å². The van der Waals surface area contributed by atoms with Crippen LogP contribution in [0.5, 0.6) is 0 Å². The number of anilines is 2. The number of hydrogen-bond acceptors (Lipinski definition) is 6. The SMILES string of the molecule is CNc1nc(N2CCC(C)C(O)C2)c2cn[nH]c2n1. The highest BCUT2D eigenvalue weighted by Crippen LogP contribution is 2.28. The number of aromatic nitrogens is 4. The normalized spacial score (nSPS) is 23.8. The number of nitrogens with zero attached hydrogens (tertiary/aromatic N) is 4. The molecule has 7 nitrogen and oxygen atoms in total. The Labute approximate surface area is 111 Å². The van der Waals surface area contributed by atoms with E-state index in [4.69, 9.17) is 0 Å². The average molecular weight is 262 g/mol. The third-order valence-electron chi connectivity index (χ3n) is 3.73. The van der Waals surface area contributed by atoms with E-state index in [1.807, 2.05) is 0 Å². The molecular formula is C12H18N6O. The summed E-state index contributed by atoms with van der Waals surface area (Å²) in [5, 5.41) is 20.8. The Kier molecular flexibility index (Phi) is 2.98. The average Bonchev–Trinajstić information content (AvgIpc) is 2.89. The largest absolute Gasteiger partial charge is 0.391 e. The standard InChI is InChI=1S/C12H18N6O/c1-7-3-4-18(6-9(7)19)11-8-5-14-17-10(8)15-12(13-2)16-11/h5,7,9,19H,3-4,6H2,1-2H3,(H2,13,14,15,16,17). The van der Waals surface area contributed by atoms with Crippen LogP contribution in [0, 0.1) is 5.92 Å². The molecule has 0 saturated carbocycles. The smallest absolute Gasteiger partial charge is 0.226 e. The lowest BCUT2D eigenvalue weighted by molar-refractivity contribution is 0.103. The van der Waals surface area contributed by atoms with Crippen molar-refractivity contribution < 1.29 is 5.11 Å². The summed E-state index contributed by atoms with van der Waals surface area (Å²) in [5.74, 6) is 1.72. The maximum atomic E-state index is 10.0. The maximum absolute atomic E-state index is 10.0. The minimum absolute atomic E-state index is 0.316. The number of aromatic amines is 1. The van der Waals surface area contributed by atoms with Gasteiger partial charge in [-0.3, -0.25) is 5.10 Å². The molecule has 3 N–H and O–H groups in total. The summed E-state index contributed by atoms with van der Waals surface area (Å²) >= 11 is 0. The van der Waals surface area contributed by atoms with Gasteiger partial charge in [-0.25, -0.2) is 0 Å². The van der Waals surface area contributed by atoms with Gasteiger partial charge in [-0.2, -0.15) is 15.1 Å². The minimum Gasteiger partial charge on any atom is -0.391 e. The molecule has 0 spiro atoms. The third-order valence-corrected chi connectivity index (χ3v) is 3.73. The highest BCUT2D eigenvalue weighted by molar-refractivity contribution is 5.87. The molecule has 1 saturated heterocycles. The Hall–Kier alpha value is -1.89. The van der Waals surface area contributed by atoms with Crippen molar-refractivity contribution in [2.24, 2.45) is 5.92 Å². The van der Waals surface area contributed by atoms with Crippen LogP contribution >= 0.6 is 0 Å². The Morgan fingerprint density at radius 1 is 1.47 bits per heavy atom. The lowest BCUT2D eigenvalue weighted by Gasteiger charge is -2.35. The molecule has 0 radical (unpaired) electrons. The first-order valence-corrected chi connectivity index (χ1v) is 6.51. The predicted molar refractivity (Wildman–Crippen MR) is 73.2 cm³/mol. The second-order valence-electron chi connectivity index (χ2n) is 5.03. The topological polar surface area (TPSA) is 90.0 Å². The first-order valence-electron chi connectivity index (χ1n) is 6.51. The van der Waals surface area contributed by atoms with Gasteiger partial charge in [0.25, 0.3) is 0 Å². The van der Waals surface area contributed by atoms with Crippen molar-refractivity contribution in [3.05, 3.63) is 6.20 Å². The van der Waals surface area contributed by atoms with Crippen LogP contribution in [0.4, 0.5) is 11.8 Å². The molecule has 19 heavy (non-hydrogen) atoms. The van der Waals surface area contributed by atoms with Crippen LogP contribution in [0.15, 0.2) is 6.20 Å². The maximum Gasteiger partial charge on any atom is 0.226 e. The molecule has 0 aromatic carbocycles. The van der Waals surface area contributed by atoms with Gasteiger partial charge >= 0.3 is 0 Å². The minimum atomic E-state index is -0.316. The molecule has 0 amide bonds. The summed E-state index contributed by atoms with van der Waals surface area (Å²) in [6.45, 7) is 3.56. The van der Waals surface area contributed by atoms with E-state index in [0.717, 1.165) is 24.2 Å². The van der Waals surface area contributed by atoms with Crippen molar-refractivity contribution in [2.45, 2.75) is 19.4 Å². The molecule has 3 rings (SSSR count). The summed E-state index contributed by atoms with van der Waals surface area (Å²) in [7, 11) is 1.79. The van der Waals surface area contributed by atoms with Gasteiger partial charge < -0.3 is 15.3 Å². The van der Waals surface area contributed by atoms with Crippen molar-refractivity contribution >= 4 is 22.8 Å². The summed E-state index contributed by atoms with van der Waals surface area (Å²) in [6, 6.07) is 0. The zero-order valence-electron chi connectivity index (χ0n) is 11.1. The van der Waals surface area contributed by atoms with Crippen LogP contribution in [0.1, 0.15) is 13.3 Å². The van der Waals surface area contributed by atoms with E-state index in [-0.39, 0.29) is 6.10 Å². The van der Waals surface area contributed by atoms with Gasteiger partial charge in [-0.1, -0.05) is 6.92 Å². The van der Waals surface area contributed by atoms with E-state index >= 15 is 0 Å². The number of H-pyrrole nitrogens is 1. The van der Waals surface area contributed by atoms with E-state index < -0.39 is 0 Å². The van der Waals surface area contributed by atoms with Crippen molar-refractivity contribution in [3.63, 3.8) is 0 Å². The highest BCUT2D eigenvalue weighted by atomic mass is 16.3. The summed E-state index contributed by atoms with van der Waals surface area (Å²) in [6.07, 6.45) is 2.37. The number of hydrogen-bond donors (Lipinski definition) is 3. The van der Waals surface area contributed by atoms with Gasteiger partial charge in [0.2, 0.25) is 5.95 Å². The molecule has 0 aliphatic carbocycles. The number of rotatable bonds is 2. The van der Waals surface area contributed by atoms with Crippen molar-refractivity contribution in [1.82, 2.24) is 20.2 Å². The van der Waals surface area contributed by atoms with Crippen molar-refractivity contribution in [1.29, 1.82) is 0 Å². The van der Waals surface area contributed by atoms with E-state index in [0.29, 0.717) is 24.1 Å². The van der Waals surface area contributed by atoms with Crippen LogP contribution < -0.4 is 10.2 Å². The number of nitrogens with one attached hydrogen (secondary N) is 2. The molecule has 2 atom stereocenters. The Morgan fingerprint density at radius 3 is 3.05 bits per heavy atom. The van der Waals surface area contributed by atoms with E-state index in [9.17, 15) is 5.11 Å². The number of aliphatic hydroxyl groups excluding tert-OH is 1. The van der Waals surface area contributed by atoms with E-state index in [1.165, 1.54) is 0 Å². The lowest BCUT2D eigenvalue weighted by Crippen LogP contribution is -2.43. The van der Waals surface area contributed by atoms with Gasteiger partial charge in [0, 0.05) is 20.1 Å². The van der Waals surface area contributed by atoms with Crippen molar-refractivity contribution in [2.75, 3.05) is 30.4 Å². The molecule has 3 heterocycles. The number of β-amino-alcohol motifs (C(OH)–C–C–N with tert-alkyl or cyclic N) is 1. The molecule has 2 unspecified atom stereocenters. The van der Waals surface area contributed by atoms with Crippen molar-refractivity contribution in [3.8, 4) is 0 Å². The second kappa shape index (κ2) is 4.65.